The van der Waals surface area contributed by atoms with Gasteiger partial charge in [-0.2, -0.15) is 0 Å². The van der Waals surface area contributed by atoms with Crippen LogP contribution in [0, 0.1) is 0 Å². The second kappa shape index (κ2) is 6.65. The fourth-order valence-corrected chi connectivity index (χ4v) is 0.947. The average Bonchev–Trinajstić information content (AvgIpc) is 2.21. The molecule has 16 heavy (non-hydrogen) atoms. The summed E-state index contributed by atoms with van der Waals surface area (Å²) in [4.78, 5) is 34.0. The number of carboxylic acids is 1. The number of amides is 3. The van der Waals surface area contributed by atoms with Gasteiger partial charge in [-0.1, -0.05) is 0 Å². The molecule has 0 saturated heterocycles. The molecule has 7 nitrogen and oxygen atoms in total. The van der Waals surface area contributed by atoms with E-state index in [0.29, 0.717) is 6.54 Å². The zero-order chi connectivity index (χ0) is 12.7. The maximum Gasteiger partial charge on any atom is 0.326 e. The quantitative estimate of drug-likeness (QED) is 0.564. The van der Waals surface area contributed by atoms with Gasteiger partial charge < -0.3 is 21.1 Å². The van der Waals surface area contributed by atoms with Gasteiger partial charge in [0.25, 0.3) is 0 Å². The molecule has 0 aromatic rings. The Morgan fingerprint density at radius 2 is 2.00 bits per heavy atom. The van der Waals surface area contributed by atoms with Crippen molar-refractivity contribution in [2.75, 3.05) is 13.6 Å². The maximum absolute atomic E-state index is 11.4. The normalized spacial score (nSPS) is 11.6. The van der Waals surface area contributed by atoms with Crippen molar-refractivity contribution in [3.05, 3.63) is 0 Å². The highest BCUT2D eigenvalue weighted by atomic mass is 16.4. The molecule has 0 bridgehead atoms. The van der Waals surface area contributed by atoms with Crippen LogP contribution in [0.4, 0.5) is 4.79 Å². The van der Waals surface area contributed by atoms with Crippen molar-refractivity contribution in [1.29, 1.82) is 0 Å². The number of nitrogens with zero attached hydrogens (tertiary/aromatic N) is 1. The predicted molar refractivity (Wildman–Crippen MR) is 56.7 cm³/mol. The van der Waals surface area contributed by atoms with E-state index in [-0.39, 0.29) is 12.8 Å². The van der Waals surface area contributed by atoms with Gasteiger partial charge in [0, 0.05) is 20.0 Å². The van der Waals surface area contributed by atoms with Crippen LogP contribution >= 0.6 is 0 Å². The summed E-state index contributed by atoms with van der Waals surface area (Å²) < 4.78 is 0. The highest BCUT2D eigenvalue weighted by Crippen LogP contribution is 1.98. The van der Waals surface area contributed by atoms with Gasteiger partial charge in [0.05, 0.1) is 0 Å². The minimum atomic E-state index is -1.18. The third-order valence-corrected chi connectivity index (χ3v) is 2.10. The van der Waals surface area contributed by atoms with E-state index < -0.39 is 23.9 Å². The van der Waals surface area contributed by atoms with Crippen LogP contribution in [0.2, 0.25) is 0 Å². The van der Waals surface area contributed by atoms with E-state index >= 15 is 0 Å². The van der Waals surface area contributed by atoms with Crippen molar-refractivity contribution >= 4 is 17.9 Å². The smallest absolute Gasteiger partial charge is 0.326 e. The number of rotatable bonds is 6. The van der Waals surface area contributed by atoms with Gasteiger partial charge in [-0.25, -0.2) is 9.59 Å². The van der Waals surface area contributed by atoms with Crippen LogP contribution in [0.25, 0.3) is 0 Å². The number of nitrogens with one attached hydrogen (secondary N) is 1. The number of urea groups is 1. The molecule has 0 saturated carbocycles. The molecular formula is C9H17N3O4. The first-order valence-electron chi connectivity index (χ1n) is 4.91. The Labute approximate surface area is 93.6 Å². The largest absolute Gasteiger partial charge is 0.480 e. The number of carbonyl (C=O) groups excluding carboxylic acids is 2. The topological polar surface area (TPSA) is 113 Å². The molecule has 4 N–H and O–H groups in total. The second-order valence-electron chi connectivity index (χ2n) is 3.36. The molecule has 7 heteroatoms. The highest BCUT2D eigenvalue weighted by Gasteiger charge is 2.21. The van der Waals surface area contributed by atoms with Crippen LogP contribution in [0.1, 0.15) is 19.8 Å². The van der Waals surface area contributed by atoms with Crippen molar-refractivity contribution in [3.8, 4) is 0 Å². The monoisotopic (exact) mass is 231 g/mol. The van der Waals surface area contributed by atoms with Crippen LogP contribution in [-0.4, -0.2) is 47.5 Å². The lowest BCUT2D eigenvalue weighted by molar-refractivity contribution is -0.139. The Kier molecular flexibility index (Phi) is 5.91. The first kappa shape index (κ1) is 14.2. The van der Waals surface area contributed by atoms with Crippen LogP contribution in [0.3, 0.4) is 0 Å². The van der Waals surface area contributed by atoms with Crippen LogP contribution in [-0.2, 0) is 9.59 Å². The minimum absolute atomic E-state index is 0.00599. The molecule has 0 heterocycles. The maximum atomic E-state index is 11.4. The molecule has 92 valence electrons. The van der Waals surface area contributed by atoms with Crippen molar-refractivity contribution in [3.63, 3.8) is 0 Å². The summed E-state index contributed by atoms with van der Waals surface area (Å²) in [5.41, 5.74) is 4.90. The fourth-order valence-electron chi connectivity index (χ4n) is 0.947. The Bertz CT molecular complexity index is 280. The summed E-state index contributed by atoms with van der Waals surface area (Å²) in [6.45, 7) is 2.23. The summed E-state index contributed by atoms with van der Waals surface area (Å²) in [5.74, 6) is -1.77. The Hall–Kier alpha value is -1.79. The lowest BCUT2D eigenvalue weighted by Gasteiger charge is -2.19. The molecule has 0 aromatic carbocycles. The number of hydrogen-bond donors (Lipinski definition) is 3. The Morgan fingerprint density at radius 3 is 2.38 bits per heavy atom. The number of carbonyl (C=O) groups is 3. The molecule has 0 fully saturated rings. The van der Waals surface area contributed by atoms with Gasteiger partial charge in [0.15, 0.2) is 0 Å². The number of aliphatic carboxylic acids is 1. The van der Waals surface area contributed by atoms with E-state index in [9.17, 15) is 14.4 Å². The van der Waals surface area contributed by atoms with E-state index in [2.05, 4.69) is 5.32 Å². The standard InChI is InChI=1S/C9H17N3O4/c1-3-12(2)9(16)11-6(8(14)15)4-5-7(10)13/h6H,3-5H2,1-2H3,(H2,10,13)(H,11,16)(H,14,15)/t6-/m0/s1. The SMILES string of the molecule is CCN(C)C(=O)N[C@@H](CCC(N)=O)C(=O)O. The molecule has 0 spiro atoms. The minimum Gasteiger partial charge on any atom is -0.480 e. The lowest BCUT2D eigenvalue weighted by atomic mass is 10.1. The van der Waals surface area contributed by atoms with Crippen LogP contribution in [0.5, 0.6) is 0 Å². The summed E-state index contributed by atoms with van der Waals surface area (Å²) in [6.07, 6.45) is -0.0823. The van der Waals surface area contributed by atoms with Gasteiger partial charge in [0.1, 0.15) is 6.04 Å². The first-order chi connectivity index (χ1) is 7.38. The van der Waals surface area contributed by atoms with Gasteiger partial charge in [0.2, 0.25) is 5.91 Å². The molecular weight excluding hydrogens is 214 g/mol. The summed E-state index contributed by atoms with van der Waals surface area (Å²) in [5, 5.41) is 11.1. The van der Waals surface area contributed by atoms with E-state index in [1.54, 1.807) is 14.0 Å². The molecule has 0 unspecified atom stereocenters. The molecule has 0 aliphatic rings. The zero-order valence-electron chi connectivity index (χ0n) is 9.40. The number of nitrogens with two attached hydrogens (primary N) is 1. The number of primary amides is 1. The fraction of sp³-hybridized carbons (Fsp3) is 0.667. The number of hydrogen-bond acceptors (Lipinski definition) is 3. The van der Waals surface area contributed by atoms with Gasteiger partial charge >= 0.3 is 12.0 Å². The van der Waals surface area contributed by atoms with E-state index in [0.717, 1.165) is 0 Å². The van der Waals surface area contributed by atoms with Crippen molar-refractivity contribution in [2.24, 2.45) is 5.73 Å². The van der Waals surface area contributed by atoms with Crippen molar-refractivity contribution in [2.45, 2.75) is 25.8 Å². The van der Waals surface area contributed by atoms with Crippen LogP contribution < -0.4 is 11.1 Å². The van der Waals surface area contributed by atoms with Gasteiger partial charge in [-0.05, 0) is 13.3 Å². The summed E-state index contributed by atoms with van der Waals surface area (Å²) in [6, 6.07) is -1.58. The Balaban J connectivity index is 4.28. The molecule has 0 aliphatic heterocycles. The van der Waals surface area contributed by atoms with Gasteiger partial charge in [-0.15, -0.1) is 0 Å². The van der Waals surface area contributed by atoms with Crippen molar-refractivity contribution in [1.82, 2.24) is 10.2 Å². The molecule has 0 aliphatic carbocycles. The zero-order valence-corrected chi connectivity index (χ0v) is 9.40. The molecule has 3 amide bonds. The van der Waals surface area contributed by atoms with E-state index in [1.165, 1.54) is 4.90 Å². The highest BCUT2D eigenvalue weighted by molar-refractivity contribution is 5.83. The van der Waals surface area contributed by atoms with Gasteiger partial charge in [-0.3, -0.25) is 4.79 Å². The lowest BCUT2D eigenvalue weighted by Crippen LogP contribution is -2.46. The second-order valence-corrected chi connectivity index (χ2v) is 3.36. The summed E-state index contributed by atoms with van der Waals surface area (Å²) in [7, 11) is 1.54. The van der Waals surface area contributed by atoms with E-state index in [1.807, 2.05) is 0 Å². The first-order valence-corrected chi connectivity index (χ1v) is 4.91. The number of carboxylic acid groups (broad SMARTS) is 1. The Morgan fingerprint density at radius 1 is 1.44 bits per heavy atom. The van der Waals surface area contributed by atoms with E-state index in [4.69, 9.17) is 10.8 Å². The van der Waals surface area contributed by atoms with Crippen LogP contribution in [0.15, 0.2) is 0 Å². The predicted octanol–water partition coefficient (Wildman–Crippen LogP) is -0.634. The average molecular weight is 231 g/mol. The third-order valence-electron chi connectivity index (χ3n) is 2.10. The molecule has 0 rings (SSSR count). The molecule has 0 aromatic heterocycles. The molecule has 1 atom stereocenters. The third kappa shape index (κ3) is 5.18. The molecule has 0 radical (unpaired) electrons. The summed E-state index contributed by atoms with van der Waals surface area (Å²) >= 11 is 0. The van der Waals surface area contributed by atoms with Crippen molar-refractivity contribution < 1.29 is 19.5 Å².